The second kappa shape index (κ2) is 12.8. The number of halogens is 3. The van der Waals surface area contributed by atoms with E-state index in [9.17, 15) is 9.59 Å². The van der Waals surface area contributed by atoms with E-state index < -0.39 is 24.0 Å². The minimum atomic E-state index is -0.899. The van der Waals surface area contributed by atoms with E-state index in [4.69, 9.17) is 44.0 Å². The van der Waals surface area contributed by atoms with Crippen LogP contribution in [0.4, 0.5) is 0 Å². The molecule has 10 heteroatoms. The number of ether oxygens (including phenoxy) is 1. The number of nitrogens with zero attached hydrogens (tertiary/aromatic N) is 1. The minimum Gasteiger partial charge on any atom is -0.479 e. The van der Waals surface area contributed by atoms with Crippen LogP contribution < -0.4 is 15.5 Å². The molecule has 0 radical (unpaired) electrons. The molecule has 0 spiro atoms. The first-order valence-corrected chi connectivity index (χ1v) is 12.4. The zero-order valence-corrected chi connectivity index (χ0v) is 22.2. The van der Waals surface area contributed by atoms with Crippen LogP contribution in [0.5, 0.6) is 5.75 Å². The molecule has 3 rings (SSSR count). The molecule has 1 heterocycles. The molecule has 0 aliphatic heterocycles. The van der Waals surface area contributed by atoms with Crippen molar-refractivity contribution >= 4 is 52.8 Å². The van der Waals surface area contributed by atoms with Crippen molar-refractivity contribution in [3.05, 3.63) is 75.4 Å². The van der Waals surface area contributed by atoms with Gasteiger partial charge in [0, 0.05) is 15.6 Å². The summed E-state index contributed by atoms with van der Waals surface area (Å²) in [5.41, 5.74) is 3.32. The monoisotopic (exact) mass is 549 g/mol. The maximum Gasteiger partial charge on any atom is 0.262 e. The van der Waals surface area contributed by atoms with Crippen LogP contribution in [-0.2, 0) is 9.59 Å². The lowest BCUT2D eigenvalue weighted by molar-refractivity contribution is -0.132. The van der Waals surface area contributed by atoms with Crippen LogP contribution in [0.3, 0.4) is 0 Å². The van der Waals surface area contributed by atoms with Crippen LogP contribution in [0.15, 0.2) is 64.1 Å². The second-order valence-corrected chi connectivity index (χ2v) is 9.75. The topological polar surface area (TPSA) is 92.9 Å². The largest absolute Gasteiger partial charge is 0.479 e. The molecular formula is C26H26Cl3N3O4. The molecule has 0 saturated carbocycles. The standard InChI is InChI=1S/C26H26Cl3N3O4/c1-15(2)12-22(31-25(33)16(3)35-24-10-8-19(28)13-21(24)29)26(34)32-30-14-20-9-11-23(36-20)17-4-6-18(27)7-5-17/h4-11,13-16,22H,12H2,1-3H3,(H,31,33)(H,32,34)/b30-14-/t16-,22-/m1/s1. The molecular weight excluding hydrogens is 525 g/mol. The number of hydrogen-bond donors (Lipinski definition) is 2. The minimum absolute atomic E-state index is 0.138. The quantitative estimate of drug-likeness (QED) is 0.227. The molecule has 2 atom stereocenters. The lowest BCUT2D eigenvalue weighted by atomic mass is 10.0. The van der Waals surface area contributed by atoms with E-state index in [1.54, 1.807) is 43.3 Å². The highest BCUT2D eigenvalue weighted by atomic mass is 35.5. The average Bonchev–Trinajstić information content (AvgIpc) is 3.29. The fraction of sp³-hybridized carbons (Fsp3) is 0.269. The van der Waals surface area contributed by atoms with Crippen LogP contribution in [0.1, 0.15) is 33.0 Å². The molecule has 2 amide bonds. The molecule has 190 valence electrons. The molecule has 0 aliphatic carbocycles. The highest BCUT2D eigenvalue weighted by Gasteiger charge is 2.25. The summed E-state index contributed by atoms with van der Waals surface area (Å²) in [6, 6.07) is 14.6. The first-order chi connectivity index (χ1) is 17.1. The molecule has 36 heavy (non-hydrogen) atoms. The zero-order valence-electron chi connectivity index (χ0n) is 19.9. The summed E-state index contributed by atoms with van der Waals surface area (Å²) >= 11 is 17.9. The number of carbonyl (C=O) groups excluding carboxylic acids is 2. The summed E-state index contributed by atoms with van der Waals surface area (Å²) in [6.45, 7) is 5.46. The Morgan fingerprint density at radius 3 is 2.33 bits per heavy atom. The lowest BCUT2D eigenvalue weighted by Gasteiger charge is -2.22. The Kier molecular flexibility index (Phi) is 9.81. The molecule has 2 aromatic carbocycles. The average molecular weight is 551 g/mol. The van der Waals surface area contributed by atoms with Gasteiger partial charge in [-0.3, -0.25) is 9.59 Å². The SMILES string of the molecule is CC(C)C[C@@H](NC(=O)[C@@H](C)Oc1ccc(Cl)cc1Cl)C(=O)N/N=C\c1ccc(-c2ccc(Cl)cc2)o1. The Morgan fingerprint density at radius 2 is 1.67 bits per heavy atom. The van der Waals surface area contributed by atoms with Gasteiger partial charge in [-0.25, -0.2) is 5.43 Å². The van der Waals surface area contributed by atoms with E-state index in [-0.39, 0.29) is 10.9 Å². The van der Waals surface area contributed by atoms with Crippen LogP contribution in [0, 0.1) is 5.92 Å². The Bertz CT molecular complexity index is 1230. The highest BCUT2D eigenvalue weighted by Crippen LogP contribution is 2.28. The molecule has 0 aliphatic rings. The molecule has 0 bridgehead atoms. The van der Waals surface area contributed by atoms with Gasteiger partial charge in [0.1, 0.15) is 23.3 Å². The number of hydrogen-bond acceptors (Lipinski definition) is 5. The van der Waals surface area contributed by atoms with Crippen LogP contribution in [0.25, 0.3) is 11.3 Å². The number of carbonyl (C=O) groups is 2. The van der Waals surface area contributed by atoms with Gasteiger partial charge >= 0.3 is 0 Å². The second-order valence-electron chi connectivity index (χ2n) is 8.47. The van der Waals surface area contributed by atoms with Crippen molar-refractivity contribution in [1.82, 2.24) is 10.7 Å². The Balaban J connectivity index is 1.59. The predicted molar refractivity (Wildman–Crippen MR) is 143 cm³/mol. The van der Waals surface area contributed by atoms with E-state index in [1.807, 2.05) is 26.0 Å². The normalized spacial score (nSPS) is 13.0. The third-order valence-corrected chi connectivity index (χ3v) is 5.81. The van der Waals surface area contributed by atoms with Crippen molar-refractivity contribution in [3.63, 3.8) is 0 Å². The van der Waals surface area contributed by atoms with Gasteiger partial charge in [0.05, 0.1) is 11.2 Å². The van der Waals surface area contributed by atoms with Crippen molar-refractivity contribution < 1.29 is 18.7 Å². The number of rotatable bonds is 10. The Hall–Kier alpha value is -3.00. The van der Waals surface area contributed by atoms with Gasteiger partial charge in [-0.1, -0.05) is 48.7 Å². The van der Waals surface area contributed by atoms with Gasteiger partial charge in [0.2, 0.25) is 0 Å². The van der Waals surface area contributed by atoms with Gasteiger partial charge in [-0.05, 0) is 73.9 Å². The molecule has 3 aromatic rings. The maximum atomic E-state index is 12.8. The molecule has 2 N–H and O–H groups in total. The zero-order chi connectivity index (χ0) is 26.2. The van der Waals surface area contributed by atoms with Crippen molar-refractivity contribution in [2.24, 2.45) is 11.0 Å². The summed E-state index contributed by atoms with van der Waals surface area (Å²) < 4.78 is 11.4. The summed E-state index contributed by atoms with van der Waals surface area (Å²) in [6.07, 6.45) is 0.895. The van der Waals surface area contributed by atoms with E-state index in [0.717, 1.165) is 5.56 Å². The molecule has 0 fully saturated rings. The van der Waals surface area contributed by atoms with Gasteiger partial charge < -0.3 is 14.5 Å². The molecule has 7 nitrogen and oxygen atoms in total. The van der Waals surface area contributed by atoms with E-state index in [2.05, 4.69) is 15.8 Å². The molecule has 0 saturated heterocycles. The Labute approximate surface area is 224 Å². The first-order valence-electron chi connectivity index (χ1n) is 11.2. The molecule has 1 aromatic heterocycles. The number of amides is 2. The predicted octanol–water partition coefficient (Wildman–Crippen LogP) is 6.36. The summed E-state index contributed by atoms with van der Waals surface area (Å²) in [7, 11) is 0. The van der Waals surface area contributed by atoms with Crippen molar-refractivity contribution in [3.8, 4) is 17.1 Å². The van der Waals surface area contributed by atoms with E-state index >= 15 is 0 Å². The fourth-order valence-corrected chi connectivity index (χ4v) is 3.81. The van der Waals surface area contributed by atoms with Gasteiger partial charge in [0.25, 0.3) is 11.8 Å². The van der Waals surface area contributed by atoms with Crippen LogP contribution >= 0.6 is 34.8 Å². The maximum absolute atomic E-state index is 12.8. The highest BCUT2D eigenvalue weighted by molar-refractivity contribution is 6.35. The summed E-state index contributed by atoms with van der Waals surface area (Å²) in [5.74, 6) is 0.609. The lowest BCUT2D eigenvalue weighted by Crippen LogP contribution is -2.49. The van der Waals surface area contributed by atoms with Crippen LogP contribution in [-0.4, -0.2) is 30.2 Å². The first kappa shape index (κ1) is 27.6. The molecule has 0 unspecified atom stereocenters. The number of furan rings is 1. The van der Waals surface area contributed by atoms with Crippen molar-refractivity contribution in [2.45, 2.75) is 39.3 Å². The number of nitrogens with one attached hydrogen (secondary N) is 2. The smallest absolute Gasteiger partial charge is 0.262 e. The number of benzene rings is 2. The van der Waals surface area contributed by atoms with E-state index in [0.29, 0.717) is 33.7 Å². The van der Waals surface area contributed by atoms with Gasteiger partial charge in [-0.2, -0.15) is 5.10 Å². The van der Waals surface area contributed by atoms with Gasteiger partial charge in [-0.15, -0.1) is 0 Å². The fourth-order valence-electron chi connectivity index (χ4n) is 3.24. The van der Waals surface area contributed by atoms with Crippen LogP contribution in [0.2, 0.25) is 15.1 Å². The van der Waals surface area contributed by atoms with E-state index in [1.165, 1.54) is 12.3 Å². The number of hydrazone groups is 1. The van der Waals surface area contributed by atoms with Gasteiger partial charge in [0.15, 0.2) is 6.10 Å². The summed E-state index contributed by atoms with van der Waals surface area (Å²) in [4.78, 5) is 25.5. The third-order valence-electron chi connectivity index (χ3n) is 5.03. The third kappa shape index (κ3) is 8.01. The van der Waals surface area contributed by atoms with Crippen molar-refractivity contribution in [1.29, 1.82) is 0 Å². The van der Waals surface area contributed by atoms with Crippen molar-refractivity contribution in [2.75, 3.05) is 0 Å². The Morgan fingerprint density at radius 1 is 0.972 bits per heavy atom. The summed E-state index contributed by atoms with van der Waals surface area (Å²) in [5, 5.41) is 8.07.